The highest BCUT2D eigenvalue weighted by Gasteiger charge is 2.21. The molecule has 1 aliphatic rings. The zero-order valence-corrected chi connectivity index (χ0v) is 13.1. The van der Waals surface area contributed by atoms with Crippen molar-refractivity contribution in [1.82, 2.24) is 5.32 Å². The van der Waals surface area contributed by atoms with Gasteiger partial charge < -0.3 is 19.6 Å². The zero-order valence-electron chi connectivity index (χ0n) is 13.1. The lowest BCUT2D eigenvalue weighted by Crippen LogP contribution is -2.29. The maximum atomic E-state index is 10.2. The predicted octanol–water partition coefficient (Wildman–Crippen LogP) is 3.23. The van der Waals surface area contributed by atoms with E-state index in [1.54, 1.807) is 18.4 Å². The summed E-state index contributed by atoms with van der Waals surface area (Å²) in [5, 5.41) is 13.6. The van der Waals surface area contributed by atoms with Crippen LogP contribution >= 0.6 is 0 Å². The maximum Gasteiger partial charge on any atom is 0.133 e. The number of ether oxygens (including phenoxy) is 1. The van der Waals surface area contributed by atoms with Crippen LogP contribution in [0.4, 0.5) is 0 Å². The normalized spacial score (nSPS) is 16.4. The number of aliphatic hydroxyl groups is 1. The zero-order chi connectivity index (χ0) is 15.5. The van der Waals surface area contributed by atoms with E-state index in [0.717, 1.165) is 18.8 Å². The molecule has 22 heavy (non-hydrogen) atoms. The fourth-order valence-electron chi connectivity index (χ4n) is 2.96. The summed E-state index contributed by atoms with van der Waals surface area (Å²) in [4.78, 5) is 0. The molecule has 0 spiro atoms. The summed E-state index contributed by atoms with van der Waals surface area (Å²) < 4.78 is 10.8. The molecular formula is C18H23NO3. The fourth-order valence-corrected chi connectivity index (χ4v) is 2.96. The average molecular weight is 301 g/mol. The first kappa shape index (κ1) is 15.1. The molecule has 4 nitrogen and oxygen atoms in total. The van der Waals surface area contributed by atoms with Crippen molar-refractivity contribution in [1.29, 1.82) is 0 Å². The summed E-state index contributed by atoms with van der Waals surface area (Å²) in [5.41, 5.74) is 2.52. The molecule has 1 aromatic carbocycles. The van der Waals surface area contributed by atoms with Crippen molar-refractivity contribution < 1.29 is 14.3 Å². The number of hydrogen-bond donors (Lipinski definition) is 2. The molecule has 0 radical (unpaired) electrons. The highest BCUT2D eigenvalue weighted by atomic mass is 16.5. The monoisotopic (exact) mass is 301 g/mol. The SMILES string of the molecule is CC(C)[C@H](NC[C@@H](O)c1ccco1)c1ccc2c(c1)CCO2. The second kappa shape index (κ2) is 6.55. The van der Waals surface area contributed by atoms with Gasteiger partial charge in [-0.2, -0.15) is 0 Å². The molecule has 3 rings (SSSR count). The lowest BCUT2D eigenvalue weighted by molar-refractivity contribution is 0.140. The van der Waals surface area contributed by atoms with Crippen LogP contribution < -0.4 is 10.1 Å². The minimum atomic E-state index is -0.631. The van der Waals surface area contributed by atoms with Gasteiger partial charge in [0, 0.05) is 19.0 Å². The van der Waals surface area contributed by atoms with Gasteiger partial charge in [-0.25, -0.2) is 0 Å². The van der Waals surface area contributed by atoms with Crippen LogP contribution in [-0.4, -0.2) is 18.3 Å². The molecule has 118 valence electrons. The minimum absolute atomic E-state index is 0.190. The number of hydrogen-bond acceptors (Lipinski definition) is 4. The van der Waals surface area contributed by atoms with Gasteiger partial charge in [-0.05, 0) is 35.2 Å². The van der Waals surface area contributed by atoms with Crippen LogP contribution in [0, 0.1) is 5.92 Å². The second-order valence-corrected chi connectivity index (χ2v) is 6.13. The largest absolute Gasteiger partial charge is 0.493 e. The molecule has 0 saturated carbocycles. The molecule has 1 aromatic heterocycles. The van der Waals surface area contributed by atoms with Crippen LogP contribution in [0.5, 0.6) is 5.75 Å². The van der Waals surface area contributed by atoms with Crippen LogP contribution in [0.25, 0.3) is 0 Å². The molecule has 0 bridgehead atoms. The smallest absolute Gasteiger partial charge is 0.133 e. The number of benzene rings is 1. The molecule has 2 heterocycles. The molecule has 0 aliphatic carbocycles. The summed E-state index contributed by atoms with van der Waals surface area (Å²) in [6.07, 6.45) is 1.93. The van der Waals surface area contributed by atoms with Crippen molar-refractivity contribution in [3.8, 4) is 5.75 Å². The number of furan rings is 1. The Kier molecular flexibility index (Phi) is 4.50. The lowest BCUT2D eigenvalue weighted by Gasteiger charge is -2.24. The Morgan fingerprint density at radius 2 is 2.14 bits per heavy atom. The van der Waals surface area contributed by atoms with Crippen molar-refractivity contribution in [3.63, 3.8) is 0 Å². The van der Waals surface area contributed by atoms with E-state index < -0.39 is 6.10 Å². The fraction of sp³-hybridized carbons (Fsp3) is 0.444. The van der Waals surface area contributed by atoms with Crippen molar-refractivity contribution in [2.24, 2.45) is 5.92 Å². The Morgan fingerprint density at radius 3 is 2.86 bits per heavy atom. The summed E-state index contributed by atoms with van der Waals surface area (Å²) >= 11 is 0. The molecule has 2 atom stereocenters. The molecule has 0 amide bonds. The van der Waals surface area contributed by atoms with E-state index >= 15 is 0 Å². The lowest BCUT2D eigenvalue weighted by atomic mass is 9.94. The molecular weight excluding hydrogens is 278 g/mol. The summed E-state index contributed by atoms with van der Waals surface area (Å²) in [6.45, 7) is 5.60. The topological polar surface area (TPSA) is 54.6 Å². The van der Waals surface area contributed by atoms with Crippen molar-refractivity contribution >= 4 is 0 Å². The van der Waals surface area contributed by atoms with Gasteiger partial charge in [0.25, 0.3) is 0 Å². The molecule has 0 fully saturated rings. The third kappa shape index (κ3) is 3.18. The van der Waals surface area contributed by atoms with Crippen molar-refractivity contribution in [2.45, 2.75) is 32.4 Å². The molecule has 0 unspecified atom stereocenters. The number of aliphatic hydroxyl groups excluding tert-OH is 1. The van der Waals surface area contributed by atoms with Crippen LogP contribution in [-0.2, 0) is 6.42 Å². The van der Waals surface area contributed by atoms with E-state index in [2.05, 4.69) is 37.4 Å². The van der Waals surface area contributed by atoms with Crippen LogP contribution in [0.1, 0.15) is 42.9 Å². The van der Waals surface area contributed by atoms with Gasteiger partial charge >= 0.3 is 0 Å². The van der Waals surface area contributed by atoms with Gasteiger partial charge in [-0.3, -0.25) is 0 Å². The third-order valence-corrected chi connectivity index (χ3v) is 4.14. The van der Waals surface area contributed by atoms with E-state index in [1.807, 2.05) is 0 Å². The van der Waals surface area contributed by atoms with Crippen LogP contribution in [0.2, 0.25) is 0 Å². The molecule has 1 aliphatic heterocycles. The molecule has 0 saturated heterocycles. The third-order valence-electron chi connectivity index (χ3n) is 4.14. The Morgan fingerprint density at radius 1 is 1.27 bits per heavy atom. The second-order valence-electron chi connectivity index (χ2n) is 6.13. The van der Waals surface area contributed by atoms with Crippen LogP contribution in [0.15, 0.2) is 41.0 Å². The highest BCUT2D eigenvalue weighted by molar-refractivity contribution is 5.41. The van der Waals surface area contributed by atoms with E-state index in [-0.39, 0.29) is 6.04 Å². The summed E-state index contributed by atoms with van der Waals surface area (Å²) in [7, 11) is 0. The maximum absolute atomic E-state index is 10.2. The summed E-state index contributed by atoms with van der Waals surface area (Å²) in [6, 6.07) is 10.2. The first-order valence-electron chi connectivity index (χ1n) is 7.85. The van der Waals surface area contributed by atoms with Gasteiger partial charge in [0.05, 0.1) is 12.9 Å². The standard InChI is InChI=1S/C18H23NO3/c1-12(2)18(19-11-15(20)17-4-3-8-21-17)14-5-6-16-13(10-14)7-9-22-16/h3-6,8,10,12,15,18-20H,7,9,11H2,1-2H3/t15-,18+/m1/s1. The van der Waals surface area contributed by atoms with Gasteiger partial charge in [0.15, 0.2) is 0 Å². The Balaban J connectivity index is 1.70. The van der Waals surface area contributed by atoms with Crippen molar-refractivity contribution in [2.75, 3.05) is 13.2 Å². The quantitative estimate of drug-likeness (QED) is 0.860. The number of rotatable bonds is 6. The van der Waals surface area contributed by atoms with E-state index in [1.165, 1.54) is 11.1 Å². The van der Waals surface area contributed by atoms with E-state index in [4.69, 9.17) is 9.15 Å². The molecule has 4 heteroatoms. The van der Waals surface area contributed by atoms with Gasteiger partial charge in [-0.15, -0.1) is 0 Å². The van der Waals surface area contributed by atoms with Crippen LogP contribution in [0.3, 0.4) is 0 Å². The average Bonchev–Trinajstić information content (AvgIpc) is 3.17. The highest BCUT2D eigenvalue weighted by Crippen LogP contribution is 2.30. The van der Waals surface area contributed by atoms with Gasteiger partial charge in [0.1, 0.15) is 17.6 Å². The van der Waals surface area contributed by atoms with E-state index in [9.17, 15) is 5.11 Å². The predicted molar refractivity (Wildman–Crippen MR) is 84.9 cm³/mol. The Bertz CT molecular complexity index is 607. The molecule has 2 aromatic rings. The first-order valence-corrected chi connectivity index (χ1v) is 7.85. The minimum Gasteiger partial charge on any atom is -0.493 e. The number of nitrogens with one attached hydrogen (secondary N) is 1. The summed E-state index contributed by atoms with van der Waals surface area (Å²) in [5.74, 6) is 2.02. The first-order chi connectivity index (χ1) is 10.6. The molecule has 2 N–H and O–H groups in total. The van der Waals surface area contributed by atoms with E-state index in [0.29, 0.717) is 18.2 Å². The van der Waals surface area contributed by atoms with Crippen molar-refractivity contribution in [3.05, 3.63) is 53.5 Å². The van der Waals surface area contributed by atoms with Gasteiger partial charge in [0.2, 0.25) is 0 Å². The number of fused-ring (bicyclic) bond motifs is 1. The Labute approximate surface area is 131 Å². The Hall–Kier alpha value is -1.78. The van der Waals surface area contributed by atoms with Gasteiger partial charge in [-0.1, -0.05) is 26.0 Å².